The molecule has 1 aromatic carbocycles. The van der Waals surface area contributed by atoms with Crippen LogP contribution in [0.2, 0.25) is 0 Å². The van der Waals surface area contributed by atoms with Crippen LogP contribution in [0.25, 0.3) is 0 Å². The van der Waals surface area contributed by atoms with Gasteiger partial charge in [0.2, 0.25) is 10.0 Å². The van der Waals surface area contributed by atoms with Crippen molar-refractivity contribution in [1.29, 1.82) is 0 Å². The van der Waals surface area contributed by atoms with Crippen LogP contribution in [0.3, 0.4) is 0 Å². The molecule has 7 nitrogen and oxygen atoms in total. The normalized spacial score (nSPS) is 17.6. The first kappa shape index (κ1) is 21.1. The summed E-state index contributed by atoms with van der Waals surface area (Å²) in [6.07, 6.45) is 5.43. The summed E-state index contributed by atoms with van der Waals surface area (Å²) in [5, 5.41) is 4.34. The van der Waals surface area contributed by atoms with E-state index in [0.717, 1.165) is 53.9 Å². The molecule has 1 saturated heterocycles. The molecule has 1 aromatic heterocycles. The number of carbonyl (C=O) groups excluding carboxylic acids is 1. The molecule has 0 aliphatic carbocycles. The number of piperidine rings is 1. The lowest BCUT2D eigenvalue weighted by Gasteiger charge is -2.29. The monoisotopic (exact) mass is 430 g/mol. The Labute approximate surface area is 178 Å². The van der Waals surface area contributed by atoms with Crippen molar-refractivity contribution in [3.8, 4) is 0 Å². The predicted molar refractivity (Wildman–Crippen MR) is 117 cm³/mol. The Balaban J connectivity index is 1.81. The zero-order valence-electron chi connectivity index (χ0n) is 18.2. The molecule has 0 bridgehead atoms. The van der Waals surface area contributed by atoms with Crippen LogP contribution < -0.4 is 4.90 Å². The smallest absolute Gasteiger partial charge is 0.251 e. The maximum Gasteiger partial charge on any atom is 0.251 e. The standard InChI is InChI=1S/C22H30N4O3S/c1-15(2)22(27)26-21-18(14-23-26)10-13-25(21)20-16(3)8-9-19(17(20)4)30(28,29)24-11-6-5-7-12-24/h8-9,14-15H,5-7,10-13H2,1-4H3. The molecular formula is C22H30N4O3S. The number of sulfonamides is 1. The van der Waals surface area contributed by atoms with Gasteiger partial charge in [0.1, 0.15) is 5.82 Å². The molecule has 3 heterocycles. The summed E-state index contributed by atoms with van der Waals surface area (Å²) < 4.78 is 29.9. The molecule has 2 aliphatic heterocycles. The number of aromatic nitrogens is 2. The second kappa shape index (κ2) is 7.81. The number of fused-ring (bicyclic) bond motifs is 1. The van der Waals surface area contributed by atoms with E-state index in [1.165, 1.54) is 4.68 Å². The lowest BCUT2D eigenvalue weighted by atomic mass is 10.1. The van der Waals surface area contributed by atoms with E-state index in [1.807, 2.05) is 33.8 Å². The van der Waals surface area contributed by atoms with Crippen molar-refractivity contribution in [3.63, 3.8) is 0 Å². The SMILES string of the molecule is Cc1ccc(S(=O)(=O)N2CCCCC2)c(C)c1N1CCc2cnn(C(=O)C(C)C)c21. The van der Waals surface area contributed by atoms with Crippen LogP contribution in [0.15, 0.2) is 23.2 Å². The van der Waals surface area contributed by atoms with E-state index in [0.29, 0.717) is 24.5 Å². The number of hydrogen-bond acceptors (Lipinski definition) is 5. The van der Waals surface area contributed by atoms with Gasteiger partial charge in [0, 0.05) is 36.8 Å². The Kier molecular flexibility index (Phi) is 5.48. The first-order valence-electron chi connectivity index (χ1n) is 10.7. The maximum atomic E-state index is 13.4. The second-order valence-electron chi connectivity index (χ2n) is 8.62. The number of anilines is 2. The molecule has 0 spiro atoms. The highest BCUT2D eigenvalue weighted by molar-refractivity contribution is 7.89. The van der Waals surface area contributed by atoms with Gasteiger partial charge in [-0.05, 0) is 50.3 Å². The minimum atomic E-state index is -3.55. The van der Waals surface area contributed by atoms with Crippen molar-refractivity contribution in [2.75, 3.05) is 24.5 Å². The van der Waals surface area contributed by atoms with E-state index < -0.39 is 10.0 Å². The third kappa shape index (κ3) is 3.36. The van der Waals surface area contributed by atoms with Crippen molar-refractivity contribution in [3.05, 3.63) is 35.0 Å². The summed E-state index contributed by atoms with van der Waals surface area (Å²) in [6.45, 7) is 9.44. The van der Waals surface area contributed by atoms with Gasteiger partial charge in [0.15, 0.2) is 0 Å². The average Bonchev–Trinajstić information content (AvgIpc) is 3.31. The van der Waals surface area contributed by atoms with Gasteiger partial charge in [-0.25, -0.2) is 8.42 Å². The summed E-state index contributed by atoms with van der Waals surface area (Å²) in [7, 11) is -3.55. The van der Waals surface area contributed by atoms with Crippen LogP contribution in [0.5, 0.6) is 0 Å². The topological polar surface area (TPSA) is 75.5 Å². The Morgan fingerprint density at radius 1 is 1.07 bits per heavy atom. The number of aryl methyl sites for hydroxylation is 1. The average molecular weight is 431 g/mol. The summed E-state index contributed by atoms with van der Waals surface area (Å²) in [5.41, 5.74) is 3.61. The van der Waals surface area contributed by atoms with E-state index in [4.69, 9.17) is 0 Å². The number of carbonyl (C=O) groups is 1. The summed E-state index contributed by atoms with van der Waals surface area (Å²) >= 11 is 0. The Morgan fingerprint density at radius 3 is 2.43 bits per heavy atom. The third-order valence-electron chi connectivity index (χ3n) is 6.17. The highest BCUT2D eigenvalue weighted by atomic mass is 32.2. The van der Waals surface area contributed by atoms with Gasteiger partial charge in [-0.3, -0.25) is 4.79 Å². The lowest BCUT2D eigenvalue weighted by molar-refractivity contribution is 0.0841. The van der Waals surface area contributed by atoms with Crippen LogP contribution in [0, 0.1) is 19.8 Å². The second-order valence-corrected chi connectivity index (χ2v) is 10.5. The van der Waals surface area contributed by atoms with Crippen molar-refractivity contribution in [2.24, 2.45) is 5.92 Å². The number of hydrogen-bond donors (Lipinski definition) is 0. The molecule has 162 valence electrons. The maximum absolute atomic E-state index is 13.4. The molecule has 0 saturated carbocycles. The van der Waals surface area contributed by atoms with E-state index in [9.17, 15) is 13.2 Å². The minimum absolute atomic E-state index is 0.0597. The van der Waals surface area contributed by atoms with Gasteiger partial charge in [0.05, 0.1) is 11.1 Å². The molecule has 0 unspecified atom stereocenters. The van der Waals surface area contributed by atoms with E-state index in [1.54, 1.807) is 16.6 Å². The molecule has 4 rings (SSSR count). The van der Waals surface area contributed by atoms with Gasteiger partial charge in [-0.2, -0.15) is 14.1 Å². The number of nitrogens with zero attached hydrogens (tertiary/aromatic N) is 4. The molecule has 0 amide bonds. The summed E-state index contributed by atoms with van der Waals surface area (Å²) in [4.78, 5) is 15.1. The number of benzene rings is 1. The lowest BCUT2D eigenvalue weighted by Crippen LogP contribution is -2.36. The molecule has 2 aliphatic rings. The van der Waals surface area contributed by atoms with E-state index >= 15 is 0 Å². The molecule has 0 atom stereocenters. The Hall–Kier alpha value is -2.19. The van der Waals surface area contributed by atoms with Gasteiger partial charge in [-0.15, -0.1) is 0 Å². The van der Waals surface area contributed by atoms with Crippen LogP contribution >= 0.6 is 0 Å². The zero-order chi connectivity index (χ0) is 21.6. The number of rotatable bonds is 4. The Morgan fingerprint density at radius 2 is 1.77 bits per heavy atom. The fourth-order valence-electron chi connectivity index (χ4n) is 4.56. The molecule has 2 aromatic rings. The quantitative estimate of drug-likeness (QED) is 0.740. The van der Waals surface area contributed by atoms with Crippen molar-refractivity contribution < 1.29 is 13.2 Å². The Bertz CT molecular complexity index is 1080. The molecular weight excluding hydrogens is 400 g/mol. The van der Waals surface area contributed by atoms with Gasteiger partial charge in [-0.1, -0.05) is 26.3 Å². The van der Waals surface area contributed by atoms with Crippen LogP contribution in [-0.4, -0.2) is 48.0 Å². The van der Waals surface area contributed by atoms with Gasteiger partial charge in [0.25, 0.3) is 5.91 Å². The predicted octanol–water partition coefficient (Wildman–Crippen LogP) is 3.66. The summed E-state index contributed by atoms with van der Waals surface area (Å²) in [5.74, 6) is 0.535. The van der Waals surface area contributed by atoms with Crippen LogP contribution in [0.1, 0.15) is 54.6 Å². The molecule has 30 heavy (non-hydrogen) atoms. The fraction of sp³-hybridized carbons (Fsp3) is 0.545. The largest absolute Gasteiger partial charge is 0.325 e. The van der Waals surface area contributed by atoms with Crippen LogP contribution in [0.4, 0.5) is 11.5 Å². The molecule has 0 radical (unpaired) electrons. The van der Waals surface area contributed by atoms with Crippen molar-refractivity contribution >= 4 is 27.4 Å². The van der Waals surface area contributed by atoms with Crippen molar-refractivity contribution in [2.45, 2.75) is 58.3 Å². The minimum Gasteiger partial charge on any atom is -0.325 e. The van der Waals surface area contributed by atoms with E-state index in [-0.39, 0.29) is 11.8 Å². The highest BCUT2D eigenvalue weighted by Crippen LogP contribution is 2.40. The molecule has 8 heteroatoms. The van der Waals surface area contributed by atoms with Gasteiger partial charge < -0.3 is 4.90 Å². The third-order valence-corrected chi connectivity index (χ3v) is 8.21. The zero-order valence-corrected chi connectivity index (χ0v) is 19.0. The van der Waals surface area contributed by atoms with Crippen molar-refractivity contribution in [1.82, 2.24) is 14.1 Å². The fourth-order valence-corrected chi connectivity index (χ4v) is 6.30. The van der Waals surface area contributed by atoms with E-state index in [2.05, 4.69) is 10.00 Å². The molecule has 0 N–H and O–H groups in total. The first-order chi connectivity index (χ1) is 14.2. The summed E-state index contributed by atoms with van der Waals surface area (Å²) in [6, 6.07) is 3.60. The molecule has 1 fully saturated rings. The van der Waals surface area contributed by atoms with Gasteiger partial charge >= 0.3 is 0 Å². The highest BCUT2D eigenvalue weighted by Gasteiger charge is 2.33. The van der Waals surface area contributed by atoms with Crippen LogP contribution in [-0.2, 0) is 16.4 Å². The first-order valence-corrected chi connectivity index (χ1v) is 12.2.